The van der Waals surface area contributed by atoms with Gasteiger partial charge >= 0.3 is 0 Å². The Hall–Kier alpha value is -3.12. The maximum Gasteiger partial charge on any atom is 0.270 e. The van der Waals surface area contributed by atoms with Gasteiger partial charge in [-0.05, 0) is 60.9 Å². The third-order valence-corrected chi connectivity index (χ3v) is 8.94. The molecule has 0 bridgehead atoms. The second-order valence-corrected chi connectivity index (χ2v) is 11.7. The summed E-state index contributed by atoms with van der Waals surface area (Å²) in [7, 11) is 0. The zero-order valence-corrected chi connectivity index (χ0v) is 23.5. The molecule has 2 saturated heterocycles. The van der Waals surface area contributed by atoms with Gasteiger partial charge in [0.05, 0.1) is 17.7 Å². The van der Waals surface area contributed by atoms with E-state index < -0.39 is 0 Å². The fraction of sp³-hybridized carbons (Fsp3) is 0.562. The highest BCUT2D eigenvalue weighted by Gasteiger charge is 2.27. The predicted octanol–water partition coefficient (Wildman–Crippen LogP) is 3.79. The molecule has 1 saturated carbocycles. The molecule has 2 aliphatic heterocycles. The van der Waals surface area contributed by atoms with E-state index >= 15 is 0 Å². The van der Waals surface area contributed by atoms with Crippen molar-refractivity contribution >= 4 is 12.2 Å². The van der Waals surface area contributed by atoms with Crippen LogP contribution in [0, 0.1) is 17.2 Å². The van der Waals surface area contributed by atoms with Crippen LogP contribution in [0.1, 0.15) is 78.2 Å². The van der Waals surface area contributed by atoms with Crippen LogP contribution in [0.2, 0.25) is 0 Å². The number of carbonyl (C=O) groups is 2. The SMILES string of the molecule is N#Cc1ccc(CN2CCC(NC(=O)c3ccc(C(C=O)N4CCN(CC5CCCCC5)CC4)cn3)CC2)cc1. The van der Waals surface area contributed by atoms with Gasteiger partial charge in [-0.25, -0.2) is 0 Å². The molecule has 5 rings (SSSR count). The van der Waals surface area contributed by atoms with Crippen molar-refractivity contribution in [2.75, 3.05) is 45.8 Å². The molecule has 1 aromatic carbocycles. The van der Waals surface area contributed by atoms with Gasteiger partial charge in [-0.2, -0.15) is 5.26 Å². The zero-order valence-electron chi connectivity index (χ0n) is 23.5. The average Bonchev–Trinajstić information content (AvgIpc) is 3.00. The number of piperazine rings is 1. The van der Waals surface area contributed by atoms with Gasteiger partial charge in [0.25, 0.3) is 5.91 Å². The number of hydrogen-bond acceptors (Lipinski definition) is 7. The van der Waals surface area contributed by atoms with Crippen molar-refractivity contribution in [1.82, 2.24) is 25.0 Å². The summed E-state index contributed by atoms with van der Waals surface area (Å²) in [6, 6.07) is 13.3. The number of amides is 1. The number of likely N-dealkylation sites (tertiary alicyclic amines) is 1. The van der Waals surface area contributed by atoms with E-state index in [0.29, 0.717) is 11.3 Å². The summed E-state index contributed by atoms with van der Waals surface area (Å²) in [4.78, 5) is 36.6. The second kappa shape index (κ2) is 14.0. The fourth-order valence-electron chi connectivity index (χ4n) is 6.49. The number of carbonyl (C=O) groups excluding carboxylic acids is 2. The number of aldehydes is 1. The summed E-state index contributed by atoms with van der Waals surface area (Å²) in [6.45, 7) is 7.62. The Kier molecular flexibility index (Phi) is 9.93. The number of rotatable bonds is 9. The zero-order chi connectivity index (χ0) is 27.7. The van der Waals surface area contributed by atoms with Crippen molar-refractivity contribution < 1.29 is 9.59 Å². The lowest BCUT2D eigenvalue weighted by Gasteiger charge is -2.39. The third kappa shape index (κ3) is 7.54. The van der Waals surface area contributed by atoms with Gasteiger partial charge in [-0.1, -0.05) is 37.5 Å². The number of aromatic nitrogens is 1. The maximum absolute atomic E-state index is 12.9. The minimum atomic E-state index is -0.318. The Labute approximate surface area is 238 Å². The summed E-state index contributed by atoms with van der Waals surface area (Å²) in [5.41, 5.74) is 3.12. The van der Waals surface area contributed by atoms with Gasteiger partial charge in [0.2, 0.25) is 0 Å². The second-order valence-electron chi connectivity index (χ2n) is 11.7. The minimum absolute atomic E-state index is 0.124. The molecule has 3 fully saturated rings. The highest BCUT2D eigenvalue weighted by Crippen LogP contribution is 2.26. The molecule has 212 valence electrons. The lowest BCUT2D eigenvalue weighted by atomic mass is 9.89. The van der Waals surface area contributed by atoms with Crippen LogP contribution in [0.3, 0.4) is 0 Å². The predicted molar refractivity (Wildman–Crippen MR) is 155 cm³/mol. The van der Waals surface area contributed by atoms with Gasteiger partial charge in [0.15, 0.2) is 0 Å². The summed E-state index contributed by atoms with van der Waals surface area (Å²) in [5.74, 6) is 0.683. The molecule has 3 heterocycles. The van der Waals surface area contributed by atoms with E-state index in [-0.39, 0.29) is 18.0 Å². The average molecular weight is 543 g/mol. The fourth-order valence-corrected chi connectivity index (χ4v) is 6.49. The molecular formula is C32H42N6O2. The van der Waals surface area contributed by atoms with Crippen LogP contribution in [-0.4, -0.2) is 83.7 Å². The smallest absolute Gasteiger partial charge is 0.270 e. The molecule has 1 amide bonds. The highest BCUT2D eigenvalue weighted by molar-refractivity contribution is 5.92. The van der Waals surface area contributed by atoms with Crippen LogP contribution in [0.25, 0.3) is 0 Å². The molecule has 0 radical (unpaired) electrons. The number of nitriles is 1. The molecule has 1 N–H and O–H groups in total. The number of nitrogens with one attached hydrogen (secondary N) is 1. The maximum atomic E-state index is 12.9. The Morgan fingerprint density at radius 2 is 1.68 bits per heavy atom. The minimum Gasteiger partial charge on any atom is -0.348 e. The van der Waals surface area contributed by atoms with Gasteiger partial charge in [0.1, 0.15) is 12.0 Å². The molecule has 1 aliphatic carbocycles. The Morgan fingerprint density at radius 3 is 2.30 bits per heavy atom. The van der Waals surface area contributed by atoms with E-state index in [2.05, 4.69) is 31.1 Å². The van der Waals surface area contributed by atoms with Crippen LogP contribution in [0.4, 0.5) is 0 Å². The first kappa shape index (κ1) is 28.4. The quantitative estimate of drug-likeness (QED) is 0.482. The van der Waals surface area contributed by atoms with E-state index in [4.69, 9.17) is 5.26 Å². The van der Waals surface area contributed by atoms with Gasteiger partial charge < -0.3 is 15.0 Å². The first-order valence-electron chi connectivity index (χ1n) is 15.0. The topological polar surface area (TPSA) is 92.6 Å². The third-order valence-electron chi connectivity index (χ3n) is 8.94. The van der Waals surface area contributed by atoms with Crippen molar-refractivity contribution in [3.8, 4) is 6.07 Å². The van der Waals surface area contributed by atoms with E-state index in [1.165, 1.54) is 44.2 Å². The molecule has 3 aliphatic rings. The molecule has 1 atom stereocenters. The Bertz CT molecular complexity index is 1140. The van der Waals surface area contributed by atoms with Gasteiger partial charge in [-0.15, -0.1) is 0 Å². The Morgan fingerprint density at radius 1 is 0.950 bits per heavy atom. The molecular weight excluding hydrogens is 500 g/mol. The first-order chi connectivity index (χ1) is 19.6. The van der Waals surface area contributed by atoms with Gasteiger partial charge in [0, 0.05) is 64.6 Å². The van der Waals surface area contributed by atoms with E-state index in [0.717, 1.165) is 76.4 Å². The molecule has 2 aromatic rings. The lowest BCUT2D eigenvalue weighted by molar-refractivity contribution is -0.113. The first-order valence-corrected chi connectivity index (χ1v) is 15.0. The monoisotopic (exact) mass is 542 g/mol. The normalized spacial score (nSPS) is 21.0. The van der Waals surface area contributed by atoms with Crippen LogP contribution < -0.4 is 5.32 Å². The molecule has 1 aromatic heterocycles. The number of nitrogens with zero attached hydrogens (tertiary/aromatic N) is 5. The van der Waals surface area contributed by atoms with E-state index in [9.17, 15) is 9.59 Å². The largest absolute Gasteiger partial charge is 0.348 e. The number of pyridine rings is 1. The Balaban J connectivity index is 1.06. The van der Waals surface area contributed by atoms with Crippen molar-refractivity contribution in [2.45, 2.75) is 63.6 Å². The van der Waals surface area contributed by atoms with Crippen molar-refractivity contribution in [2.24, 2.45) is 5.92 Å². The van der Waals surface area contributed by atoms with Crippen molar-refractivity contribution in [3.63, 3.8) is 0 Å². The summed E-state index contributed by atoms with van der Waals surface area (Å²) < 4.78 is 0. The summed E-state index contributed by atoms with van der Waals surface area (Å²) in [6.07, 6.45) is 11.4. The lowest BCUT2D eigenvalue weighted by Crippen LogP contribution is -2.49. The number of piperidine rings is 1. The number of hydrogen-bond donors (Lipinski definition) is 1. The molecule has 40 heavy (non-hydrogen) atoms. The summed E-state index contributed by atoms with van der Waals surface area (Å²) >= 11 is 0. The van der Waals surface area contributed by atoms with E-state index in [1.54, 1.807) is 12.3 Å². The standard InChI is InChI=1S/C32H42N6O2/c33-20-25-6-8-27(9-7-25)23-36-14-12-29(13-15-36)35-32(40)30-11-10-28(21-34-30)31(24-39)38-18-16-37(17-19-38)22-26-4-2-1-3-5-26/h6-11,21,24,26,29,31H,1-5,12-19,22-23H2,(H,35,40). The molecule has 0 spiro atoms. The summed E-state index contributed by atoms with van der Waals surface area (Å²) in [5, 5.41) is 12.1. The van der Waals surface area contributed by atoms with Crippen LogP contribution in [0.15, 0.2) is 42.6 Å². The molecule has 8 nitrogen and oxygen atoms in total. The van der Waals surface area contributed by atoms with Crippen molar-refractivity contribution in [3.05, 3.63) is 65.0 Å². The molecule has 1 unspecified atom stereocenters. The number of benzene rings is 1. The van der Waals surface area contributed by atoms with Crippen LogP contribution >= 0.6 is 0 Å². The van der Waals surface area contributed by atoms with Crippen molar-refractivity contribution in [1.29, 1.82) is 5.26 Å². The van der Waals surface area contributed by atoms with Gasteiger partial charge in [-0.3, -0.25) is 19.6 Å². The van der Waals surface area contributed by atoms with Crippen LogP contribution in [-0.2, 0) is 11.3 Å². The van der Waals surface area contributed by atoms with Crippen LogP contribution in [0.5, 0.6) is 0 Å². The highest BCUT2D eigenvalue weighted by atomic mass is 16.2. The van der Waals surface area contributed by atoms with E-state index in [1.807, 2.05) is 30.3 Å². The molecule has 8 heteroatoms.